The second kappa shape index (κ2) is 6.90. The summed E-state index contributed by atoms with van der Waals surface area (Å²) in [7, 11) is 0. The summed E-state index contributed by atoms with van der Waals surface area (Å²) in [4.78, 5) is 13.5. The zero-order chi connectivity index (χ0) is 14.5. The summed E-state index contributed by atoms with van der Waals surface area (Å²) >= 11 is 3.50. The van der Waals surface area contributed by atoms with Crippen LogP contribution in [0.4, 0.5) is 0 Å². The van der Waals surface area contributed by atoms with E-state index in [9.17, 15) is 0 Å². The minimum absolute atomic E-state index is 0.673. The lowest BCUT2D eigenvalue weighted by Crippen LogP contribution is -2.17. The highest BCUT2D eigenvalue weighted by Crippen LogP contribution is 2.24. The average Bonchev–Trinajstić information content (AvgIpc) is 2.42. The Morgan fingerprint density at radius 3 is 2.50 bits per heavy atom. The van der Waals surface area contributed by atoms with Crippen molar-refractivity contribution >= 4 is 15.9 Å². The summed E-state index contributed by atoms with van der Waals surface area (Å²) in [6.45, 7) is 8.03. The first-order valence-electron chi connectivity index (χ1n) is 6.79. The average molecular weight is 335 g/mol. The highest BCUT2D eigenvalue weighted by molar-refractivity contribution is 9.10. The van der Waals surface area contributed by atoms with Gasteiger partial charge in [0.25, 0.3) is 0 Å². The molecule has 106 valence electrons. The van der Waals surface area contributed by atoms with E-state index in [4.69, 9.17) is 0 Å². The number of halogens is 1. The van der Waals surface area contributed by atoms with Gasteiger partial charge in [0, 0.05) is 34.2 Å². The molecule has 5 heteroatoms. The van der Waals surface area contributed by atoms with E-state index in [1.807, 2.05) is 26.0 Å². The Morgan fingerprint density at radius 2 is 1.90 bits per heavy atom. The Bertz CT molecular complexity index is 575. The molecule has 0 bridgehead atoms. The zero-order valence-corrected chi connectivity index (χ0v) is 13.7. The molecular formula is C15H19BrN4. The van der Waals surface area contributed by atoms with E-state index >= 15 is 0 Å². The van der Waals surface area contributed by atoms with Gasteiger partial charge in [0.05, 0.1) is 0 Å². The maximum absolute atomic E-state index is 4.60. The number of aromatic nitrogens is 3. The maximum Gasteiger partial charge on any atom is 0.179 e. The number of hydrogen-bond donors (Lipinski definition) is 1. The van der Waals surface area contributed by atoms with Gasteiger partial charge >= 0.3 is 0 Å². The number of aryl methyl sites for hydroxylation is 2. The lowest BCUT2D eigenvalue weighted by atomic mass is 10.1. The van der Waals surface area contributed by atoms with Gasteiger partial charge in [0.1, 0.15) is 5.69 Å². The monoisotopic (exact) mass is 334 g/mol. The molecule has 0 aromatic carbocycles. The van der Waals surface area contributed by atoms with Crippen LogP contribution in [0.15, 0.2) is 22.8 Å². The Balaban J connectivity index is 2.33. The van der Waals surface area contributed by atoms with E-state index in [0.717, 1.165) is 41.1 Å². The number of nitrogens with zero attached hydrogens (tertiary/aromatic N) is 3. The van der Waals surface area contributed by atoms with Crippen LogP contribution in [0.2, 0.25) is 0 Å². The molecule has 0 spiro atoms. The van der Waals surface area contributed by atoms with Crippen molar-refractivity contribution in [2.75, 3.05) is 6.54 Å². The van der Waals surface area contributed by atoms with Crippen molar-refractivity contribution in [2.45, 2.75) is 33.7 Å². The quantitative estimate of drug-likeness (QED) is 0.851. The van der Waals surface area contributed by atoms with Gasteiger partial charge in [-0.1, -0.05) is 6.92 Å². The summed E-state index contributed by atoms with van der Waals surface area (Å²) in [6, 6.07) is 3.84. The summed E-state index contributed by atoms with van der Waals surface area (Å²) in [6.07, 6.45) is 2.88. The fraction of sp³-hybridized carbons (Fsp3) is 0.400. The van der Waals surface area contributed by atoms with E-state index < -0.39 is 0 Å². The highest BCUT2D eigenvalue weighted by Gasteiger charge is 2.12. The van der Waals surface area contributed by atoms with Crippen molar-refractivity contribution in [1.29, 1.82) is 0 Å². The lowest BCUT2D eigenvalue weighted by Gasteiger charge is -2.11. The van der Waals surface area contributed by atoms with Crippen molar-refractivity contribution in [2.24, 2.45) is 0 Å². The molecule has 0 amide bonds. The minimum Gasteiger partial charge on any atom is -0.313 e. The first-order valence-corrected chi connectivity index (χ1v) is 7.58. The van der Waals surface area contributed by atoms with Crippen molar-refractivity contribution in [1.82, 2.24) is 20.3 Å². The molecule has 0 radical (unpaired) electrons. The molecule has 4 nitrogen and oxygen atoms in total. The molecule has 0 fully saturated rings. The maximum atomic E-state index is 4.60. The smallest absolute Gasteiger partial charge is 0.179 e. The molecule has 2 aromatic heterocycles. The van der Waals surface area contributed by atoms with Gasteiger partial charge in [0.15, 0.2) is 5.82 Å². The Kier molecular flexibility index (Phi) is 5.20. The summed E-state index contributed by atoms with van der Waals surface area (Å²) in [5, 5.41) is 3.40. The van der Waals surface area contributed by atoms with Crippen LogP contribution in [-0.4, -0.2) is 21.5 Å². The second-order valence-electron chi connectivity index (χ2n) is 4.71. The molecule has 0 saturated heterocycles. The third-order valence-corrected chi connectivity index (χ3v) is 3.76. The van der Waals surface area contributed by atoms with Gasteiger partial charge in [-0.25, -0.2) is 9.97 Å². The molecule has 0 aliphatic heterocycles. The van der Waals surface area contributed by atoms with E-state index in [2.05, 4.69) is 43.1 Å². The molecule has 0 atom stereocenters. The summed E-state index contributed by atoms with van der Waals surface area (Å²) in [5.41, 5.74) is 3.98. The van der Waals surface area contributed by atoms with E-state index in [0.29, 0.717) is 5.82 Å². The van der Waals surface area contributed by atoms with Crippen LogP contribution in [-0.2, 0) is 6.54 Å². The predicted octanol–water partition coefficient (Wildman–Crippen LogP) is 3.42. The zero-order valence-electron chi connectivity index (χ0n) is 12.1. The second-order valence-corrected chi connectivity index (χ2v) is 5.56. The fourth-order valence-corrected chi connectivity index (χ4v) is 2.47. The van der Waals surface area contributed by atoms with Crippen molar-refractivity contribution < 1.29 is 0 Å². The van der Waals surface area contributed by atoms with Gasteiger partial charge in [-0.2, -0.15) is 0 Å². The van der Waals surface area contributed by atoms with Crippen molar-refractivity contribution in [3.8, 4) is 11.5 Å². The summed E-state index contributed by atoms with van der Waals surface area (Å²) in [5.74, 6) is 0.673. The highest BCUT2D eigenvalue weighted by atomic mass is 79.9. The fourth-order valence-electron chi connectivity index (χ4n) is 2.04. The number of rotatable bonds is 5. The first kappa shape index (κ1) is 15.1. The van der Waals surface area contributed by atoms with Gasteiger partial charge in [-0.3, -0.25) is 4.98 Å². The molecule has 2 aromatic rings. The van der Waals surface area contributed by atoms with Crippen molar-refractivity contribution in [3.63, 3.8) is 0 Å². The van der Waals surface area contributed by atoms with Crippen LogP contribution in [0.25, 0.3) is 11.5 Å². The van der Waals surface area contributed by atoms with Gasteiger partial charge < -0.3 is 5.32 Å². The number of nitrogens with one attached hydrogen (secondary N) is 1. The van der Waals surface area contributed by atoms with E-state index in [-0.39, 0.29) is 0 Å². The van der Waals surface area contributed by atoms with Gasteiger partial charge in [0.2, 0.25) is 0 Å². The van der Waals surface area contributed by atoms with E-state index in [1.165, 1.54) is 5.56 Å². The van der Waals surface area contributed by atoms with Crippen LogP contribution in [0, 0.1) is 13.8 Å². The van der Waals surface area contributed by atoms with E-state index in [1.54, 1.807) is 6.20 Å². The van der Waals surface area contributed by atoms with Crippen molar-refractivity contribution in [3.05, 3.63) is 39.8 Å². The normalized spacial score (nSPS) is 10.8. The molecule has 0 aliphatic rings. The largest absolute Gasteiger partial charge is 0.313 e. The predicted molar refractivity (Wildman–Crippen MR) is 84.4 cm³/mol. The number of hydrogen-bond acceptors (Lipinski definition) is 4. The van der Waals surface area contributed by atoms with Crippen LogP contribution in [0.3, 0.4) is 0 Å². The molecule has 0 saturated carbocycles. The first-order chi connectivity index (χ1) is 9.63. The summed E-state index contributed by atoms with van der Waals surface area (Å²) < 4.78 is 0.913. The van der Waals surface area contributed by atoms with Crippen LogP contribution < -0.4 is 5.32 Å². The van der Waals surface area contributed by atoms with Crippen LogP contribution in [0.1, 0.15) is 30.3 Å². The Hall–Kier alpha value is -1.33. The van der Waals surface area contributed by atoms with Gasteiger partial charge in [-0.15, -0.1) is 0 Å². The molecular weight excluding hydrogens is 316 g/mol. The molecule has 20 heavy (non-hydrogen) atoms. The molecule has 2 heterocycles. The molecule has 1 N–H and O–H groups in total. The van der Waals surface area contributed by atoms with Gasteiger partial charge in [-0.05, 0) is 54.9 Å². The molecule has 2 rings (SSSR count). The Morgan fingerprint density at radius 1 is 1.20 bits per heavy atom. The van der Waals surface area contributed by atoms with Crippen LogP contribution >= 0.6 is 15.9 Å². The molecule has 0 unspecified atom stereocenters. The standard InChI is InChI=1S/C15H19BrN4/c1-4-7-17-9-12-10(2)19-15(20-11(12)3)14-13(16)6-5-8-18-14/h5-6,8,17H,4,7,9H2,1-3H3. The SMILES string of the molecule is CCCNCc1c(C)nc(-c2ncccc2Br)nc1C. The topological polar surface area (TPSA) is 50.7 Å². The Labute approximate surface area is 128 Å². The minimum atomic E-state index is 0.673. The number of pyridine rings is 1. The third-order valence-electron chi connectivity index (χ3n) is 3.12. The third kappa shape index (κ3) is 3.41. The van der Waals surface area contributed by atoms with Crippen LogP contribution in [0.5, 0.6) is 0 Å². The molecule has 0 aliphatic carbocycles. The lowest BCUT2D eigenvalue weighted by molar-refractivity contribution is 0.665.